The molecule has 2 amide bonds. The lowest BCUT2D eigenvalue weighted by atomic mass is 9.85. The molecule has 1 aromatic heterocycles. The lowest BCUT2D eigenvalue weighted by molar-refractivity contribution is -0.115. The number of carbonyl (C=O) groups is 2. The number of carbonyl (C=O) groups excluding carboxylic acids is 2. The van der Waals surface area contributed by atoms with Crippen molar-refractivity contribution in [1.29, 1.82) is 0 Å². The molecule has 156 valence electrons. The van der Waals surface area contributed by atoms with Crippen molar-refractivity contribution >= 4 is 17.5 Å². The van der Waals surface area contributed by atoms with Crippen molar-refractivity contribution in [3.8, 4) is 5.75 Å². The number of hydrogen-bond acceptors (Lipinski definition) is 4. The molecule has 6 nitrogen and oxygen atoms in total. The quantitative estimate of drug-likeness (QED) is 0.796. The van der Waals surface area contributed by atoms with Gasteiger partial charge >= 0.3 is 0 Å². The molecule has 2 N–H and O–H groups in total. The van der Waals surface area contributed by atoms with Gasteiger partial charge in [-0.25, -0.2) is 0 Å². The van der Waals surface area contributed by atoms with E-state index in [4.69, 9.17) is 4.74 Å². The average molecular weight is 398 g/mol. The van der Waals surface area contributed by atoms with Crippen LogP contribution < -0.4 is 15.4 Å². The first-order valence-corrected chi connectivity index (χ1v) is 9.65. The summed E-state index contributed by atoms with van der Waals surface area (Å²) >= 11 is 0. The minimum Gasteiger partial charge on any atom is -0.496 e. The summed E-state index contributed by atoms with van der Waals surface area (Å²) in [5, 5.41) is 5.70. The molecule has 0 aliphatic rings. The summed E-state index contributed by atoms with van der Waals surface area (Å²) in [6, 6.07) is 9.15. The molecule has 0 bridgehead atoms. The van der Waals surface area contributed by atoms with Gasteiger partial charge in [0.1, 0.15) is 11.4 Å². The van der Waals surface area contributed by atoms with Gasteiger partial charge in [-0.1, -0.05) is 32.9 Å². The fraction of sp³-hybridized carbons (Fsp3) is 0.435. The van der Waals surface area contributed by atoms with E-state index in [1.54, 1.807) is 19.2 Å². The largest absolute Gasteiger partial charge is 0.496 e. The first kappa shape index (κ1) is 22.4. The number of rotatable bonds is 5. The number of pyridine rings is 1. The van der Waals surface area contributed by atoms with Crippen molar-refractivity contribution in [2.75, 3.05) is 12.4 Å². The summed E-state index contributed by atoms with van der Waals surface area (Å²) in [4.78, 5) is 29.0. The molecule has 0 aliphatic carbocycles. The summed E-state index contributed by atoms with van der Waals surface area (Å²) in [5.41, 5.74) is 2.33. The molecule has 0 aliphatic heterocycles. The number of benzene rings is 1. The highest BCUT2D eigenvalue weighted by Crippen LogP contribution is 2.28. The van der Waals surface area contributed by atoms with Gasteiger partial charge in [-0.15, -0.1) is 0 Å². The van der Waals surface area contributed by atoms with Crippen LogP contribution in [0.1, 0.15) is 63.2 Å². The van der Waals surface area contributed by atoms with Gasteiger partial charge in [0.25, 0.3) is 5.91 Å². The van der Waals surface area contributed by atoms with Gasteiger partial charge in [0.2, 0.25) is 5.91 Å². The van der Waals surface area contributed by atoms with Crippen LogP contribution in [0.3, 0.4) is 0 Å². The van der Waals surface area contributed by atoms with Crippen molar-refractivity contribution in [3.63, 3.8) is 0 Å². The Morgan fingerprint density at radius 2 is 1.72 bits per heavy atom. The number of nitrogens with zero attached hydrogens (tertiary/aromatic N) is 1. The molecular weight excluding hydrogens is 366 g/mol. The molecule has 29 heavy (non-hydrogen) atoms. The number of nitrogens with one attached hydrogen (secondary N) is 2. The lowest BCUT2D eigenvalue weighted by Crippen LogP contribution is -2.40. The van der Waals surface area contributed by atoms with Crippen LogP contribution in [0.15, 0.2) is 36.5 Å². The molecule has 1 aromatic carbocycles. The predicted octanol–water partition coefficient (Wildman–Crippen LogP) is 4.10. The maximum absolute atomic E-state index is 12.6. The normalized spacial score (nSPS) is 11.7. The SMILES string of the molecule is COc1ccc(C(C)(C)C)cc1CC(=O)Nc1ccnc(C(=O)NC(C)(C)C)c1. The van der Waals surface area contributed by atoms with Crippen molar-refractivity contribution in [2.45, 2.75) is 58.9 Å². The van der Waals surface area contributed by atoms with Gasteiger partial charge in [0.15, 0.2) is 0 Å². The average Bonchev–Trinajstić information content (AvgIpc) is 2.59. The highest BCUT2D eigenvalue weighted by molar-refractivity contribution is 5.96. The third-order valence-corrected chi connectivity index (χ3v) is 4.26. The Morgan fingerprint density at radius 3 is 2.31 bits per heavy atom. The summed E-state index contributed by atoms with van der Waals surface area (Å²) < 4.78 is 5.42. The second kappa shape index (κ2) is 8.64. The second-order valence-corrected chi connectivity index (χ2v) is 9.14. The standard InChI is InChI=1S/C23H31N3O3/c1-22(2,3)16-8-9-19(29-7)15(12-16)13-20(27)25-17-10-11-24-18(14-17)21(28)26-23(4,5)6/h8-12,14H,13H2,1-7H3,(H,26,28)(H,24,25,27). The minimum atomic E-state index is -0.368. The molecule has 0 unspecified atom stereocenters. The van der Waals surface area contributed by atoms with Crippen LogP contribution in [-0.2, 0) is 16.6 Å². The van der Waals surface area contributed by atoms with Crippen molar-refractivity contribution in [3.05, 3.63) is 53.3 Å². The molecule has 2 rings (SSSR count). The number of methoxy groups -OCH3 is 1. The van der Waals surface area contributed by atoms with Gasteiger partial charge in [-0.3, -0.25) is 14.6 Å². The molecule has 6 heteroatoms. The van der Waals surface area contributed by atoms with E-state index < -0.39 is 0 Å². The zero-order chi connectivity index (χ0) is 21.8. The summed E-state index contributed by atoms with van der Waals surface area (Å²) in [6.45, 7) is 12.1. The summed E-state index contributed by atoms with van der Waals surface area (Å²) in [5.74, 6) is 0.198. The Hall–Kier alpha value is -2.89. The fourth-order valence-electron chi connectivity index (χ4n) is 2.80. The molecule has 0 atom stereocenters. The molecule has 0 saturated carbocycles. The van der Waals surface area contributed by atoms with E-state index in [1.165, 1.54) is 6.20 Å². The monoisotopic (exact) mass is 397 g/mol. The zero-order valence-corrected chi connectivity index (χ0v) is 18.3. The number of amides is 2. The van der Waals surface area contributed by atoms with Gasteiger partial charge in [-0.2, -0.15) is 0 Å². The summed E-state index contributed by atoms with van der Waals surface area (Å²) in [6.07, 6.45) is 1.67. The molecular formula is C23H31N3O3. The zero-order valence-electron chi connectivity index (χ0n) is 18.3. The molecule has 2 aromatic rings. The first-order chi connectivity index (χ1) is 13.4. The Bertz CT molecular complexity index is 893. The Morgan fingerprint density at radius 1 is 1.03 bits per heavy atom. The fourth-order valence-corrected chi connectivity index (χ4v) is 2.80. The van der Waals surface area contributed by atoms with E-state index in [2.05, 4.69) is 36.4 Å². The molecule has 0 radical (unpaired) electrons. The van der Waals surface area contributed by atoms with Crippen LogP contribution in [0.2, 0.25) is 0 Å². The van der Waals surface area contributed by atoms with Crippen LogP contribution >= 0.6 is 0 Å². The topological polar surface area (TPSA) is 80.3 Å². The van der Waals surface area contributed by atoms with E-state index in [0.29, 0.717) is 11.4 Å². The number of anilines is 1. The van der Waals surface area contributed by atoms with E-state index in [-0.39, 0.29) is 34.9 Å². The van der Waals surface area contributed by atoms with Crippen molar-refractivity contribution < 1.29 is 14.3 Å². The van der Waals surface area contributed by atoms with Gasteiger partial charge in [0.05, 0.1) is 13.5 Å². The Balaban J connectivity index is 2.16. The minimum absolute atomic E-state index is 0.0298. The molecule has 0 spiro atoms. The van der Waals surface area contributed by atoms with E-state index in [9.17, 15) is 9.59 Å². The Kier molecular flexibility index (Phi) is 6.67. The van der Waals surface area contributed by atoms with Gasteiger partial charge < -0.3 is 15.4 Å². The van der Waals surface area contributed by atoms with Crippen molar-refractivity contribution in [2.24, 2.45) is 0 Å². The number of hydrogen-bond donors (Lipinski definition) is 2. The third-order valence-electron chi connectivity index (χ3n) is 4.26. The van der Waals surface area contributed by atoms with E-state index >= 15 is 0 Å². The van der Waals surface area contributed by atoms with E-state index in [0.717, 1.165) is 11.1 Å². The Labute approximate surface area is 173 Å². The van der Waals surface area contributed by atoms with Crippen LogP contribution in [0.5, 0.6) is 5.75 Å². The maximum atomic E-state index is 12.6. The van der Waals surface area contributed by atoms with Gasteiger partial charge in [-0.05, 0) is 49.9 Å². The highest BCUT2D eigenvalue weighted by atomic mass is 16.5. The van der Waals surface area contributed by atoms with Gasteiger partial charge in [0, 0.05) is 23.0 Å². The molecule has 0 fully saturated rings. The second-order valence-electron chi connectivity index (χ2n) is 9.14. The van der Waals surface area contributed by atoms with Crippen molar-refractivity contribution in [1.82, 2.24) is 10.3 Å². The maximum Gasteiger partial charge on any atom is 0.270 e. The predicted molar refractivity (Wildman–Crippen MR) is 115 cm³/mol. The van der Waals surface area contributed by atoms with Crippen LogP contribution in [-0.4, -0.2) is 29.4 Å². The number of aromatic nitrogens is 1. The highest BCUT2D eigenvalue weighted by Gasteiger charge is 2.19. The molecule has 1 heterocycles. The van der Waals surface area contributed by atoms with Crippen LogP contribution in [0.4, 0.5) is 5.69 Å². The first-order valence-electron chi connectivity index (χ1n) is 9.65. The lowest BCUT2D eigenvalue weighted by Gasteiger charge is -2.21. The number of ether oxygens (including phenoxy) is 1. The smallest absolute Gasteiger partial charge is 0.270 e. The van der Waals surface area contributed by atoms with Crippen LogP contribution in [0, 0.1) is 0 Å². The van der Waals surface area contributed by atoms with E-state index in [1.807, 2.05) is 39.0 Å². The summed E-state index contributed by atoms with van der Waals surface area (Å²) in [7, 11) is 1.59. The molecule has 0 saturated heterocycles. The third kappa shape index (κ3) is 6.59. The van der Waals surface area contributed by atoms with Crippen LogP contribution in [0.25, 0.3) is 0 Å².